The molecule has 2 rings (SSSR count). The van der Waals surface area contributed by atoms with E-state index in [9.17, 15) is 9.59 Å². The second kappa shape index (κ2) is 7.35. The number of benzene rings is 1. The topological polar surface area (TPSA) is 101 Å². The van der Waals surface area contributed by atoms with Crippen molar-refractivity contribution in [2.45, 2.75) is 26.5 Å². The van der Waals surface area contributed by atoms with Gasteiger partial charge in [0, 0.05) is 12.1 Å². The van der Waals surface area contributed by atoms with Gasteiger partial charge in [0.25, 0.3) is 5.91 Å². The summed E-state index contributed by atoms with van der Waals surface area (Å²) in [4.78, 5) is 30.2. The lowest BCUT2D eigenvalue weighted by atomic mass is 10.2. The van der Waals surface area contributed by atoms with E-state index in [1.165, 1.54) is 0 Å². The highest BCUT2D eigenvalue weighted by Gasteiger charge is 2.12. The van der Waals surface area contributed by atoms with Gasteiger partial charge in [-0.05, 0) is 19.9 Å². The third-order valence-corrected chi connectivity index (χ3v) is 2.88. The summed E-state index contributed by atoms with van der Waals surface area (Å²) in [6, 6.07) is 7.41. The van der Waals surface area contributed by atoms with Crippen molar-refractivity contribution in [1.29, 1.82) is 0 Å². The Morgan fingerprint density at radius 1 is 1.17 bits per heavy atom. The zero-order chi connectivity index (χ0) is 16.8. The van der Waals surface area contributed by atoms with E-state index in [2.05, 4.69) is 15.3 Å². The molecule has 1 aromatic carbocycles. The molecular weight excluding hydrogens is 298 g/mol. The fourth-order valence-corrected chi connectivity index (χ4v) is 1.84. The van der Waals surface area contributed by atoms with Gasteiger partial charge in [0.15, 0.2) is 5.69 Å². The largest absolute Gasteiger partial charge is 0.491 e. The first-order valence-corrected chi connectivity index (χ1v) is 7.05. The molecule has 1 heterocycles. The molecule has 0 aliphatic carbocycles. The molecule has 120 valence electrons. The third-order valence-electron chi connectivity index (χ3n) is 2.88. The zero-order valence-corrected chi connectivity index (χ0v) is 12.8. The molecule has 0 spiro atoms. The third kappa shape index (κ3) is 4.50. The molecule has 23 heavy (non-hydrogen) atoms. The molecule has 2 N–H and O–H groups in total. The highest BCUT2D eigenvalue weighted by Crippen LogP contribution is 2.19. The van der Waals surface area contributed by atoms with Crippen LogP contribution < -0.4 is 10.1 Å². The predicted molar refractivity (Wildman–Crippen MR) is 82.4 cm³/mol. The summed E-state index contributed by atoms with van der Waals surface area (Å²) in [6.07, 6.45) is 2.21. The van der Waals surface area contributed by atoms with Crippen LogP contribution in [0.5, 0.6) is 5.75 Å². The van der Waals surface area contributed by atoms with Crippen molar-refractivity contribution in [3.8, 4) is 5.75 Å². The first-order chi connectivity index (χ1) is 11.0. The van der Waals surface area contributed by atoms with Gasteiger partial charge in [-0.1, -0.05) is 18.2 Å². The van der Waals surface area contributed by atoms with Crippen LogP contribution in [0.4, 0.5) is 0 Å². The highest BCUT2D eigenvalue weighted by atomic mass is 16.5. The van der Waals surface area contributed by atoms with E-state index in [-0.39, 0.29) is 24.0 Å². The van der Waals surface area contributed by atoms with Crippen LogP contribution in [-0.4, -0.2) is 33.1 Å². The van der Waals surface area contributed by atoms with E-state index in [0.717, 1.165) is 18.0 Å². The summed E-state index contributed by atoms with van der Waals surface area (Å²) in [5, 5.41) is 11.5. The monoisotopic (exact) mass is 315 g/mol. The first-order valence-electron chi connectivity index (χ1n) is 7.05. The lowest BCUT2D eigenvalue weighted by Crippen LogP contribution is -2.24. The zero-order valence-electron chi connectivity index (χ0n) is 12.8. The van der Waals surface area contributed by atoms with E-state index in [0.29, 0.717) is 5.75 Å². The lowest BCUT2D eigenvalue weighted by Gasteiger charge is -2.14. The summed E-state index contributed by atoms with van der Waals surface area (Å²) in [6.45, 7) is 4.12. The van der Waals surface area contributed by atoms with Gasteiger partial charge in [0.1, 0.15) is 11.4 Å². The normalized spacial score (nSPS) is 10.4. The molecule has 0 aliphatic rings. The Bertz CT molecular complexity index is 699. The van der Waals surface area contributed by atoms with Gasteiger partial charge in [0.05, 0.1) is 18.5 Å². The van der Waals surface area contributed by atoms with Crippen LogP contribution in [0, 0.1) is 0 Å². The molecule has 0 saturated carbocycles. The molecule has 0 radical (unpaired) electrons. The number of amides is 1. The van der Waals surface area contributed by atoms with Crippen LogP contribution >= 0.6 is 0 Å². The number of aromatic nitrogens is 2. The van der Waals surface area contributed by atoms with E-state index in [4.69, 9.17) is 9.84 Å². The number of nitrogens with one attached hydrogen (secondary N) is 1. The van der Waals surface area contributed by atoms with Gasteiger partial charge in [-0.3, -0.25) is 4.79 Å². The molecule has 0 aliphatic heterocycles. The van der Waals surface area contributed by atoms with Gasteiger partial charge in [-0.15, -0.1) is 0 Å². The number of nitrogens with zero attached hydrogens (tertiary/aromatic N) is 2. The van der Waals surface area contributed by atoms with Crippen molar-refractivity contribution in [3.63, 3.8) is 0 Å². The Labute approximate surface area is 133 Å². The maximum atomic E-state index is 12.0. The Hall–Kier alpha value is -2.96. The quantitative estimate of drug-likeness (QED) is 0.844. The fraction of sp³-hybridized carbons (Fsp3) is 0.250. The van der Waals surface area contributed by atoms with Crippen LogP contribution in [-0.2, 0) is 6.54 Å². The molecule has 0 fully saturated rings. The molecule has 1 amide bonds. The number of carbonyl (C=O) groups is 2. The van der Waals surface area contributed by atoms with E-state index >= 15 is 0 Å². The predicted octanol–water partition coefficient (Wildman–Crippen LogP) is 1.89. The van der Waals surface area contributed by atoms with Crippen molar-refractivity contribution in [2.24, 2.45) is 0 Å². The first kappa shape index (κ1) is 16.4. The van der Waals surface area contributed by atoms with Crippen LogP contribution in [0.25, 0.3) is 0 Å². The average molecular weight is 315 g/mol. The maximum Gasteiger partial charge on any atom is 0.356 e. The molecule has 2 aromatic rings. The van der Waals surface area contributed by atoms with Crippen LogP contribution in [0.15, 0.2) is 36.7 Å². The Kier molecular flexibility index (Phi) is 5.24. The van der Waals surface area contributed by atoms with Crippen molar-refractivity contribution < 1.29 is 19.4 Å². The number of carbonyl (C=O) groups excluding carboxylic acids is 1. The van der Waals surface area contributed by atoms with E-state index in [1.807, 2.05) is 38.1 Å². The number of rotatable bonds is 6. The van der Waals surface area contributed by atoms with Gasteiger partial charge >= 0.3 is 5.97 Å². The summed E-state index contributed by atoms with van der Waals surface area (Å²) in [5.41, 5.74) is 0.680. The van der Waals surface area contributed by atoms with Gasteiger partial charge in [0.2, 0.25) is 0 Å². The van der Waals surface area contributed by atoms with Crippen LogP contribution in [0.3, 0.4) is 0 Å². The number of ether oxygens (including phenoxy) is 1. The fourth-order valence-electron chi connectivity index (χ4n) is 1.84. The van der Waals surface area contributed by atoms with Crippen molar-refractivity contribution in [2.75, 3.05) is 0 Å². The second-order valence-corrected chi connectivity index (χ2v) is 5.05. The average Bonchev–Trinajstić information content (AvgIpc) is 2.53. The van der Waals surface area contributed by atoms with Gasteiger partial charge in [-0.25, -0.2) is 14.8 Å². The van der Waals surface area contributed by atoms with Gasteiger partial charge in [-0.2, -0.15) is 0 Å². The molecule has 1 aromatic heterocycles. The van der Waals surface area contributed by atoms with E-state index in [1.54, 1.807) is 0 Å². The molecule has 0 atom stereocenters. The minimum Gasteiger partial charge on any atom is -0.491 e. The smallest absolute Gasteiger partial charge is 0.356 e. The van der Waals surface area contributed by atoms with Crippen molar-refractivity contribution in [3.05, 3.63) is 53.6 Å². The number of aromatic carboxylic acids is 1. The molecular formula is C16H17N3O4. The SMILES string of the molecule is CC(C)Oc1ccccc1CNC(=O)c1cnc(C(=O)O)cn1. The maximum absolute atomic E-state index is 12.0. The minimum atomic E-state index is -1.19. The van der Waals surface area contributed by atoms with E-state index < -0.39 is 11.9 Å². The summed E-state index contributed by atoms with van der Waals surface area (Å²) in [5.74, 6) is -0.923. The molecule has 7 nitrogen and oxygen atoms in total. The summed E-state index contributed by atoms with van der Waals surface area (Å²) in [7, 11) is 0. The number of carboxylic acid groups (broad SMARTS) is 1. The Morgan fingerprint density at radius 2 is 1.83 bits per heavy atom. The number of para-hydroxylation sites is 1. The summed E-state index contributed by atoms with van der Waals surface area (Å²) >= 11 is 0. The van der Waals surface area contributed by atoms with Crippen LogP contribution in [0.2, 0.25) is 0 Å². The standard InChI is InChI=1S/C16H17N3O4/c1-10(2)23-14-6-4-3-5-11(14)7-19-15(20)12-8-18-13(9-17-12)16(21)22/h3-6,8-10H,7H2,1-2H3,(H,19,20)(H,21,22). The lowest BCUT2D eigenvalue weighted by molar-refractivity contribution is 0.0689. The number of carboxylic acids is 1. The minimum absolute atomic E-state index is 0.0290. The number of hydrogen-bond acceptors (Lipinski definition) is 5. The van der Waals surface area contributed by atoms with Crippen LogP contribution in [0.1, 0.15) is 40.4 Å². The number of hydrogen-bond donors (Lipinski definition) is 2. The Morgan fingerprint density at radius 3 is 2.43 bits per heavy atom. The Balaban J connectivity index is 2.03. The van der Waals surface area contributed by atoms with Gasteiger partial charge < -0.3 is 15.2 Å². The second-order valence-electron chi connectivity index (χ2n) is 5.05. The molecule has 7 heteroatoms. The molecule has 0 bridgehead atoms. The highest BCUT2D eigenvalue weighted by molar-refractivity contribution is 5.92. The molecule has 0 saturated heterocycles. The van der Waals surface area contributed by atoms with Crippen molar-refractivity contribution in [1.82, 2.24) is 15.3 Å². The van der Waals surface area contributed by atoms with Crippen molar-refractivity contribution >= 4 is 11.9 Å². The summed E-state index contributed by atoms with van der Waals surface area (Å²) < 4.78 is 5.68. The molecule has 0 unspecified atom stereocenters.